The lowest BCUT2D eigenvalue weighted by Gasteiger charge is -2.28. The van der Waals surface area contributed by atoms with Crippen molar-refractivity contribution in [2.75, 3.05) is 0 Å². The van der Waals surface area contributed by atoms with Gasteiger partial charge in [0.2, 0.25) is 5.88 Å². The van der Waals surface area contributed by atoms with E-state index in [2.05, 4.69) is 11.9 Å². The SMILES string of the molecule is CC1CCCCC1Oc1ccc(CN)cn1. The van der Waals surface area contributed by atoms with Crippen LogP contribution in [0.15, 0.2) is 18.3 Å². The molecular weight excluding hydrogens is 200 g/mol. The highest BCUT2D eigenvalue weighted by molar-refractivity contribution is 5.17. The summed E-state index contributed by atoms with van der Waals surface area (Å²) in [6.07, 6.45) is 7.16. The maximum absolute atomic E-state index is 5.92. The Labute approximate surface area is 97.0 Å². The molecule has 1 aromatic heterocycles. The molecule has 88 valence electrons. The molecule has 0 saturated heterocycles. The molecule has 1 fully saturated rings. The Bertz CT molecular complexity index is 323. The van der Waals surface area contributed by atoms with Gasteiger partial charge in [-0.05, 0) is 30.7 Å². The molecule has 0 radical (unpaired) electrons. The summed E-state index contributed by atoms with van der Waals surface area (Å²) in [5.41, 5.74) is 6.57. The van der Waals surface area contributed by atoms with Crippen LogP contribution in [0.1, 0.15) is 38.2 Å². The molecule has 2 atom stereocenters. The summed E-state index contributed by atoms with van der Waals surface area (Å²) in [5, 5.41) is 0. The van der Waals surface area contributed by atoms with E-state index in [1.165, 1.54) is 19.3 Å². The third-order valence-electron chi connectivity index (χ3n) is 3.34. The van der Waals surface area contributed by atoms with Crippen LogP contribution in [0.3, 0.4) is 0 Å². The van der Waals surface area contributed by atoms with Gasteiger partial charge in [0.15, 0.2) is 0 Å². The molecule has 0 amide bonds. The van der Waals surface area contributed by atoms with Crippen molar-refractivity contribution >= 4 is 0 Å². The molecule has 1 aromatic rings. The number of rotatable bonds is 3. The fourth-order valence-corrected chi connectivity index (χ4v) is 2.21. The summed E-state index contributed by atoms with van der Waals surface area (Å²) >= 11 is 0. The van der Waals surface area contributed by atoms with Gasteiger partial charge in [-0.15, -0.1) is 0 Å². The van der Waals surface area contributed by atoms with Crippen LogP contribution in [0.5, 0.6) is 5.88 Å². The fraction of sp³-hybridized carbons (Fsp3) is 0.615. The zero-order valence-electron chi connectivity index (χ0n) is 9.86. The predicted molar refractivity (Wildman–Crippen MR) is 64.2 cm³/mol. The Morgan fingerprint density at radius 3 is 2.81 bits per heavy atom. The highest BCUT2D eigenvalue weighted by Gasteiger charge is 2.22. The molecule has 1 aliphatic carbocycles. The second-order valence-corrected chi connectivity index (χ2v) is 4.63. The summed E-state index contributed by atoms with van der Waals surface area (Å²) in [5.74, 6) is 1.38. The van der Waals surface area contributed by atoms with E-state index in [4.69, 9.17) is 10.5 Å². The maximum Gasteiger partial charge on any atom is 0.213 e. The van der Waals surface area contributed by atoms with E-state index in [1.54, 1.807) is 6.20 Å². The molecule has 0 aromatic carbocycles. The molecule has 1 aliphatic rings. The van der Waals surface area contributed by atoms with E-state index >= 15 is 0 Å². The first-order valence-electron chi connectivity index (χ1n) is 6.11. The van der Waals surface area contributed by atoms with Crippen molar-refractivity contribution < 1.29 is 4.74 Å². The van der Waals surface area contributed by atoms with Crippen molar-refractivity contribution in [2.24, 2.45) is 11.7 Å². The second kappa shape index (κ2) is 5.30. The molecule has 1 saturated carbocycles. The van der Waals surface area contributed by atoms with E-state index in [0.29, 0.717) is 18.6 Å². The largest absolute Gasteiger partial charge is 0.474 e. The number of hydrogen-bond donors (Lipinski definition) is 1. The van der Waals surface area contributed by atoms with Crippen molar-refractivity contribution in [1.29, 1.82) is 0 Å². The standard InChI is InChI=1S/C13H20N2O/c1-10-4-2-3-5-12(10)16-13-7-6-11(8-14)9-15-13/h6-7,9-10,12H,2-5,8,14H2,1H3. The van der Waals surface area contributed by atoms with Crippen LogP contribution >= 0.6 is 0 Å². The van der Waals surface area contributed by atoms with Gasteiger partial charge in [-0.2, -0.15) is 0 Å². The molecule has 2 unspecified atom stereocenters. The molecule has 2 rings (SSSR count). The Kier molecular flexibility index (Phi) is 3.78. The summed E-state index contributed by atoms with van der Waals surface area (Å²) in [6, 6.07) is 3.90. The zero-order chi connectivity index (χ0) is 11.4. The molecule has 0 spiro atoms. The fourth-order valence-electron chi connectivity index (χ4n) is 2.21. The van der Waals surface area contributed by atoms with Gasteiger partial charge in [0.1, 0.15) is 6.10 Å². The quantitative estimate of drug-likeness (QED) is 0.851. The van der Waals surface area contributed by atoms with Gasteiger partial charge in [-0.3, -0.25) is 0 Å². The van der Waals surface area contributed by atoms with Crippen LogP contribution in [-0.4, -0.2) is 11.1 Å². The van der Waals surface area contributed by atoms with Crippen LogP contribution in [-0.2, 0) is 6.54 Å². The number of nitrogens with two attached hydrogens (primary N) is 1. The van der Waals surface area contributed by atoms with E-state index < -0.39 is 0 Å². The Balaban J connectivity index is 1.96. The Morgan fingerprint density at radius 1 is 1.38 bits per heavy atom. The van der Waals surface area contributed by atoms with Gasteiger partial charge in [-0.25, -0.2) is 4.98 Å². The first-order valence-corrected chi connectivity index (χ1v) is 6.11. The predicted octanol–water partition coefficient (Wildman–Crippen LogP) is 2.50. The van der Waals surface area contributed by atoms with Crippen molar-refractivity contribution in [1.82, 2.24) is 4.98 Å². The number of aromatic nitrogens is 1. The minimum absolute atomic E-state index is 0.338. The van der Waals surface area contributed by atoms with Crippen molar-refractivity contribution in [3.8, 4) is 5.88 Å². The average Bonchev–Trinajstić information content (AvgIpc) is 2.33. The number of hydrogen-bond acceptors (Lipinski definition) is 3. The van der Waals surface area contributed by atoms with E-state index in [1.807, 2.05) is 12.1 Å². The molecule has 2 N–H and O–H groups in total. The van der Waals surface area contributed by atoms with Crippen LogP contribution in [0.2, 0.25) is 0 Å². The average molecular weight is 220 g/mol. The lowest BCUT2D eigenvalue weighted by molar-refractivity contribution is 0.0975. The van der Waals surface area contributed by atoms with Crippen LogP contribution in [0.25, 0.3) is 0 Å². The van der Waals surface area contributed by atoms with Gasteiger partial charge in [0, 0.05) is 18.8 Å². The third kappa shape index (κ3) is 2.73. The zero-order valence-corrected chi connectivity index (χ0v) is 9.86. The van der Waals surface area contributed by atoms with Gasteiger partial charge >= 0.3 is 0 Å². The van der Waals surface area contributed by atoms with Gasteiger partial charge in [0.05, 0.1) is 0 Å². The lowest BCUT2D eigenvalue weighted by Crippen LogP contribution is -2.28. The molecule has 3 heteroatoms. The number of nitrogens with zero attached hydrogens (tertiary/aromatic N) is 1. The molecule has 0 aliphatic heterocycles. The van der Waals surface area contributed by atoms with Gasteiger partial charge in [-0.1, -0.05) is 19.4 Å². The summed E-state index contributed by atoms with van der Waals surface area (Å²) < 4.78 is 5.92. The van der Waals surface area contributed by atoms with Crippen molar-refractivity contribution in [3.63, 3.8) is 0 Å². The monoisotopic (exact) mass is 220 g/mol. The normalized spacial score (nSPS) is 25.4. The first kappa shape index (κ1) is 11.4. The van der Waals surface area contributed by atoms with Crippen molar-refractivity contribution in [2.45, 2.75) is 45.3 Å². The maximum atomic E-state index is 5.92. The number of pyridine rings is 1. The Morgan fingerprint density at radius 2 is 2.19 bits per heavy atom. The van der Waals surface area contributed by atoms with Gasteiger partial charge in [0.25, 0.3) is 0 Å². The van der Waals surface area contributed by atoms with Crippen LogP contribution < -0.4 is 10.5 Å². The summed E-state index contributed by atoms with van der Waals surface area (Å²) in [4.78, 5) is 4.28. The van der Waals surface area contributed by atoms with E-state index in [0.717, 1.165) is 17.9 Å². The minimum atomic E-state index is 0.338. The highest BCUT2D eigenvalue weighted by Crippen LogP contribution is 2.27. The Hall–Kier alpha value is -1.09. The smallest absolute Gasteiger partial charge is 0.213 e. The molecule has 3 nitrogen and oxygen atoms in total. The molecule has 1 heterocycles. The lowest BCUT2D eigenvalue weighted by atomic mass is 9.88. The first-order chi connectivity index (χ1) is 7.79. The van der Waals surface area contributed by atoms with Crippen molar-refractivity contribution in [3.05, 3.63) is 23.9 Å². The summed E-state index contributed by atoms with van der Waals surface area (Å²) in [7, 11) is 0. The molecule has 0 bridgehead atoms. The number of ether oxygens (including phenoxy) is 1. The van der Waals surface area contributed by atoms with E-state index in [-0.39, 0.29) is 0 Å². The van der Waals surface area contributed by atoms with Gasteiger partial charge < -0.3 is 10.5 Å². The minimum Gasteiger partial charge on any atom is -0.474 e. The molecule has 16 heavy (non-hydrogen) atoms. The summed E-state index contributed by atoms with van der Waals surface area (Å²) in [6.45, 7) is 2.80. The highest BCUT2D eigenvalue weighted by atomic mass is 16.5. The van der Waals surface area contributed by atoms with Crippen LogP contribution in [0, 0.1) is 5.92 Å². The van der Waals surface area contributed by atoms with Crippen LogP contribution in [0.4, 0.5) is 0 Å². The molecular formula is C13H20N2O. The second-order valence-electron chi connectivity index (χ2n) is 4.63. The topological polar surface area (TPSA) is 48.1 Å². The van der Waals surface area contributed by atoms with E-state index in [9.17, 15) is 0 Å². The third-order valence-corrected chi connectivity index (χ3v) is 3.34.